The van der Waals surface area contributed by atoms with Crippen molar-refractivity contribution in [2.24, 2.45) is 0 Å². The minimum Gasteiger partial charge on any atom is -0.459 e. The monoisotopic (exact) mass is 584 g/mol. The maximum absolute atomic E-state index is 13.7. The van der Waals surface area contributed by atoms with Gasteiger partial charge < -0.3 is 13.9 Å². The van der Waals surface area contributed by atoms with E-state index in [1.54, 1.807) is 6.92 Å². The van der Waals surface area contributed by atoms with Crippen LogP contribution in [-0.4, -0.2) is 36.0 Å². The number of carbonyl (C=O) groups is 1. The van der Waals surface area contributed by atoms with Gasteiger partial charge in [-0.15, -0.1) is 0 Å². The highest BCUT2D eigenvalue weighted by atomic mass is 28.4. The van der Waals surface area contributed by atoms with E-state index in [1.165, 1.54) is 10.8 Å². The average molecular weight is 585 g/mol. The quantitative estimate of drug-likeness (QED) is 0.250. The number of nitrogens with zero attached hydrogens (tertiary/aromatic N) is 1. The Labute approximate surface area is 246 Å². The molecule has 1 saturated heterocycles. The predicted molar refractivity (Wildman–Crippen MR) is 163 cm³/mol. The Balaban J connectivity index is 1.58. The van der Waals surface area contributed by atoms with Crippen LogP contribution in [0.5, 0.6) is 0 Å². The van der Waals surface area contributed by atoms with Crippen molar-refractivity contribution < 1.29 is 18.7 Å². The van der Waals surface area contributed by atoms with Crippen LogP contribution in [0, 0.1) is 6.92 Å². The van der Waals surface area contributed by atoms with E-state index in [1.807, 2.05) is 66.7 Å². The summed E-state index contributed by atoms with van der Waals surface area (Å²) >= 11 is 0. The van der Waals surface area contributed by atoms with Gasteiger partial charge in [-0.2, -0.15) is 0 Å². The molecule has 218 valence electrons. The maximum atomic E-state index is 13.7. The summed E-state index contributed by atoms with van der Waals surface area (Å²) < 4.78 is 20.6. The van der Waals surface area contributed by atoms with Crippen LogP contribution in [-0.2, 0) is 25.3 Å². The fourth-order valence-electron chi connectivity index (χ4n) is 5.66. The van der Waals surface area contributed by atoms with Crippen molar-refractivity contribution in [1.29, 1.82) is 0 Å². The highest BCUT2D eigenvalue weighted by Crippen LogP contribution is 2.41. The van der Waals surface area contributed by atoms with E-state index in [9.17, 15) is 14.4 Å². The van der Waals surface area contributed by atoms with Crippen molar-refractivity contribution in [3.8, 4) is 0 Å². The molecule has 0 aliphatic carbocycles. The molecule has 42 heavy (non-hydrogen) atoms. The molecular formula is C33H36N2O6Si. The number of hydrogen-bond acceptors (Lipinski definition) is 6. The van der Waals surface area contributed by atoms with Gasteiger partial charge in [0.1, 0.15) is 12.8 Å². The number of aryl methyl sites for hydroxylation is 1. The molecule has 4 aromatic rings. The van der Waals surface area contributed by atoms with E-state index >= 15 is 0 Å². The van der Waals surface area contributed by atoms with Crippen LogP contribution in [0.25, 0.3) is 0 Å². The van der Waals surface area contributed by atoms with Crippen molar-refractivity contribution in [1.82, 2.24) is 9.55 Å². The zero-order chi connectivity index (χ0) is 29.9. The molecule has 2 heterocycles. The Kier molecular flexibility index (Phi) is 8.45. The van der Waals surface area contributed by atoms with Gasteiger partial charge in [0.2, 0.25) is 0 Å². The van der Waals surface area contributed by atoms with E-state index in [0.717, 1.165) is 15.9 Å². The summed E-state index contributed by atoms with van der Waals surface area (Å²) in [6, 6.07) is 29.7. The third kappa shape index (κ3) is 5.81. The first kappa shape index (κ1) is 29.4. The number of aromatic nitrogens is 2. The highest BCUT2D eigenvalue weighted by Gasteiger charge is 2.55. The molecule has 1 aliphatic rings. The number of hydrogen-bond donors (Lipinski definition) is 1. The Morgan fingerprint density at radius 1 is 0.929 bits per heavy atom. The Morgan fingerprint density at radius 3 is 2.02 bits per heavy atom. The predicted octanol–water partition coefficient (Wildman–Crippen LogP) is 3.82. The molecule has 0 amide bonds. The Morgan fingerprint density at radius 2 is 1.48 bits per heavy atom. The molecule has 0 unspecified atom stereocenters. The van der Waals surface area contributed by atoms with Crippen molar-refractivity contribution in [2.45, 2.75) is 64.2 Å². The van der Waals surface area contributed by atoms with E-state index in [0.29, 0.717) is 5.56 Å². The van der Waals surface area contributed by atoms with E-state index < -0.39 is 44.0 Å². The summed E-state index contributed by atoms with van der Waals surface area (Å²) in [5, 5.41) is 1.76. The summed E-state index contributed by atoms with van der Waals surface area (Å²) in [5.74, 6) is -0.571. The number of benzene rings is 3. The van der Waals surface area contributed by atoms with Crippen molar-refractivity contribution in [3.63, 3.8) is 0 Å². The molecule has 1 fully saturated rings. The lowest BCUT2D eigenvalue weighted by Gasteiger charge is -2.45. The largest absolute Gasteiger partial charge is 0.459 e. The topological polar surface area (TPSA) is 99.6 Å². The number of esters is 1. The van der Waals surface area contributed by atoms with Crippen LogP contribution in [0.3, 0.4) is 0 Å². The van der Waals surface area contributed by atoms with Crippen LogP contribution < -0.4 is 21.6 Å². The number of nitrogens with one attached hydrogen (secondary N) is 1. The van der Waals surface area contributed by atoms with Crippen LogP contribution in [0.15, 0.2) is 107 Å². The minimum absolute atomic E-state index is 0.0772. The number of H-pyrrole nitrogens is 1. The lowest BCUT2D eigenvalue weighted by atomic mass is 10.2. The molecule has 8 nitrogen and oxygen atoms in total. The smallest absolute Gasteiger partial charge is 0.338 e. The summed E-state index contributed by atoms with van der Waals surface area (Å²) in [5.41, 5.74) is 0.126. The third-order valence-corrected chi connectivity index (χ3v) is 12.8. The molecule has 0 saturated carbocycles. The summed E-state index contributed by atoms with van der Waals surface area (Å²) in [6.45, 7) is 8.17. The second-order valence-corrected chi connectivity index (χ2v) is 15.9. The molecule has 1 aliphatic heterocycles. The number of aromatic amines is 1. The average Bonchev–Trinajstić information content (AvgIpc) is 3.41. The van der Waals surface area contributed by atoms with E-state index in [2.05, 4.69) is 50.0 Å². The number of rotatable bonds is 8. The van der Waals surface area contributed by atoms with Crippen molar-refractivity contribution in [2.75, 3.05) is 0 Å². The molecule has 9 heteroatoms. The second kappa shape index (κ2) is 12.0. The number of ether oxygens (including phenoxy) is 2. The van der Waals surface area contributed by atoms with Gasteiger partial charge in [0.25, 0.3) is 13.9 Å². The molecule has 5 rings (SSSR count). The summed E-state index contributed by atoms with van der Waals surface area (Å²) in [6.07, 6.45) is -1.00. The van der Waals surface area contributed by atoms with Crippen molar-refractivity contribution in [3.05, 3.63) is 129 Å². The normalized spacial score (nSPS) is 19.0. The third-order valence-electron chi connectivity index (χ3n) is 7.73. The zero-order valence-corrected chi connectivity index (χ0v) is 25.3. The first-order chi connectivity index (χ1) is 20.1. The lowest BCUT2D eigenvalue weighted by molar-refractivity contribution is -0.163. The van der Waals surface area contributed by atoms with Crippen LogP contribution >= 0.6 is 0 Å². The molecule has 0 bridgehead atoms. The van der Waals surface area contributed by atoms with Gasteiger partial charge in [-0.3, -0.25) is 14.3 Å². The molecular weight excluding hydrogens is 548 g/mol. The Bertz CT molecular complexity index is 1590. The molecule has 3 atom stereocenters. The van der Waals surface area contributed by atoms with Crippen LogP contribution in [0.2, 0.25) is 5.04 Å². The SMILES string of the molecule is Cc1cn([C@H]2C[C@H](O[Si](c3ccccc3)(c3ccccc3)C(C)(C)C)[C@@H](C(=O)OCc3ccccc3)O2)c(=O)[nH]c1=O. The van der Waals surface area contributed by atoms with Gasteiger partial charge in [0.05, 0.1) is 6.10 Å². The summed E-state index contributed by atoms with van der Waals surface area (Å²) in [7, 11) is -3.09. The highest BCUT2D eigenvalue weighted by molar-refractivity contribution is 6.99. The second-order valence-electron chi connectivity index (χ2n) is 11.6. The first-order valence-corrected chi connectivity index (χ1v) is 16.0. The van der Waals surface area contributed by atoms with Gasteiger partial charge in [0.15, 0.2) is 6.10 Å². The van der Waals surface area contributed by atoms with E-state index in [4.69, 9.17) is 13.9 Å². The molecule has 0 radical (unpaired) electrons. The van der Waals surface area contributed by atoms with Gasteiger partial charge in [-0.05, 0) is 27.9 Å². The first-order valence-electron chi connectivity index (χ1n) is 14.1. The van der Waals surface area contributed by atoms with Crippen molar-refractivity contribution >= 4 is 24.7 Å². The van der Waals surface area contributed by atoms with Crippen LogP contribution in [0.4, 0.5) is 0 Å². The molecule has 1 N–H and O–H groups in total. The fourth-order valence-corrected chi connectivity index (χ4v) is 10.3. The minimum atomic E-state index is -3.09. The fraction of sp³-hybridized carbons (Fsp3) is 0.303. The molecule has 1 aromatic heterocycles. The molecule has 0 spiro atoms. The standard InChI is InChI=1S/C33H36N2O6Si/c1-23-21-35(32(38)34-30(23)36)28-20-27(29(40-28)31(37)39-22-24-14-8-5-9-15-24)41-42(33(2,3)4,25-16-10-6-11-17-25)26-18-12-7-13-19-26/h5-19,21,27-29H,20,22H2,1-4H3,(H,34,36,38)/t27-,28+,29-/m0/s1. The Hall–Kier alpha value is -4.05. The summed E-state index contributed by atoms with van der Waals surface area (Å²) in [4.78, 5) is 40.9. The van der Waals surface area contributed by atoms with Gasteiger partial charge in [0, 0.05) is 18.2 Å². The van der Waals surface area contributed by atoms with Gasteiger partial charge in [-0.25, -0.2) is 9.59 Å². The lowest BCUT2D eigenvalue weighted by Crippen LogP contribution is -2.68. The zero-order valence-electron chi connectivity index (χ0n) is 24.3. The van der Waals surface area contributed by atoms with Crippen LogP contribution in [0.1, 0.15) is 44.5 Å². The van der Waals surface area contributed by atoms with Gasteiger partial charge in [-0.1, -0.05) is 112 Å². The van der Waals surface area contributed by atoms with E-state index in [-0.39, 0.29) is 18.1 Å². The van der Waals surface area contributed by atoms with Gasteiger partial charge >= 0.3 is 11.7 Å². The molecule has 3 aromatic carbocycles. The maximum Gasteiger partial charge on any atom is 0.338 e. The number of carbonyl (C=O) groups excluding carboxylic acids is 1.